The molecule has 0 saturated heterocycles. The van der Waals surface area contributed by atoms with E-state index in [4.69, 9.17) is 19.5 Å². The first-order valence-electron chi connectivity index (χ1n) is 13.1. The Morgan fingerprint density at radius 2 is 1.43 bits per heavy atom. The Morgan fingerprint density at radius 3 is 2.00 bits per heavy atom. The lowest BCUT2D eigenvalue weighted by molar-refractivity contribution is 0.0488. The fraction of sp³-hybridized carbons (Fsp3) is 0.323. The van der Waals surface area contributed by atoms with Gasteiger partial charge in [0.2, 0.25) is 0 Å². The monoisotopic (exact) mass is 605 g/mol. The van der Waals surface area contributed by atoms with E-state index >= 15 is 0 Å². The molecule has 1 fully saturated rings. The van der Waals surface area contributed by atoms with Gasteiger partial charge in [-0.05, 0) is 101 Å². The summed E-state index contributed by atoms with van der Waals surface area (Å²) in [5.74, 6) is 1.76. The molecule has 0 unspecified atom stereocenters. The smallest absolute Gasteiger partial charge is 0.407 e. The number of hydrogen-bond donors (Lipinski definition) is 2. The van der Waals surface area contributed by atoms with E-state index in [2.05, 4.69) is 32.6 Å². The molecule has 0 spiro atoms. The van der Waals surface area contributed by atoms with E-state index in [1.807, 2.05) is 45.0 Å². The van der Waals surface area contributed by atoms with Crippen LogP contribution in [0.5, 0.6) is 23.0 Å². The molecule has 0 aliphatic heterocycles. The molecule has 2 amide bonds. The van der Waals surface area contributed by atoms with Crippen molar-refractivity contribution in [2.24, 2.45) is 0 Å². The number of carbonyl (C=O) groups is 2. The molecule has 1 saturated carbocycles. The predicted octanol–water partition coefficient (Wildman–Crippen LogP) is 7.47. The number of nitriles is 1. The second kappa shape index (κ2) is 12.9. The Morgan fingerprint density at radius 1 is 0.825 bits per heavy atom. The van der Waals surface area contributed by atoms with Gasteiger partial charge in [-0.2, -0.15) is 5.26 Å². The summed E-state index contributed by atoms with van der Waals surface area (Å²) in [4.78, 5) is 25.4. The van der Waals surface area contributed by atoms with Gasteiger partial charge >= 0.3 is 6.09 Å². The van der Waals surface area contributed by atoms with Gasteiger partial charge in [0.15, 0.2) is 0 Å². The van der Waals surface area contributed by atoms with Gasteiger partial charge in [-0.3, -0.25) is 4.79 Å². The molecular weight excluding hydrogens is 574 g/mol. The lowest BCUT2D eigenvalue weighted by Gasteiger charge is -2.30. The van der Waals surface area contributed by atoms with Gasteiger partial charge in [-0.1, -0.05) is 22.0 Å². The van der Waals surface area contributed by atoms with Crippen molar-refractivity contribution in [2.75, 3.05) is 0 Å². The topological polar surface area (TPSA) is 110 Å². The lowest BCUT2D eigenvalue weighted by atomic mass is 9.91. The van der Waals surface area contributed by atoms with Crippen LogP contribution in [0.4, 0.5) is 4.79 Å². The third-order valence-corrected chi connectivity index (χ3v) is 6.67. The molecule has 4 rings (SSSR count). The van der Waals surface area contributed by atoms with Gasteiger partial charge in [0.05, 0.1) is 11.6 Å². The molecular formula is C31H32BrN3O5. The van der Waals surface area contributed by atoms with Crippen LogP contribution in [0.15, 0.2) is 71.2 Å². The van der Waals surface area contributed by atoms with Crippen LogP contribution >= 0.6 is 15.9 Å². The van der Waals surface area contributed by atoms with Crippen molar-refractivity contribution < 1.29 is 23.8 Å². The number of amides is 2. The molecule has 0 atom stereocenters. The molecule has 3 aromatic rings. The number of halogens is 1. The van der Waals surface area contributed by atoms with Crippen molar-refractivity contribution in [1.82, 2.24) is 10.6 Å². The van der Waals surface area contributed by atoms with Crippen LogP contribution in [-0.4, -0.2) is 29.7 Å². The molecule has 1 aliphatic carbocycles. The summed E-state index contributed by atoms with van der Waals surface area (Å²) in [6, 6.07) is 21.3. The maximum atomic E-state index is 13.3. The maximum Gasteiger partial charge on any atom is 0.407 e. The van der Waals surface area contributed by atoms with E-state index in [-0.39, 0.29) is 18.0 Å². The van der Waals surface area contributed by atoms with E-state index < -0.39 is 11.7 Å². The standard InChI is InChI=1S/C31H32BrN3O5/c1-31(2,3)40-30(37)35-24-11-9-23(10-12-24)34-29(36)21-15-27(38-25-13-7-20(19-33)8-14-25)18-28(16-21)39-26-6-4-5-22(32)17-26/h4-8,13-18,23-24H,9-12H2,1-3H3,(H,34,36)(H,35,37). The zero-order chi connectivity index (χ0) is 28.7. The van der Waals surface area contributed by atoms with Crippen molar-refractivity contribution in [2.45, 2.75) is 64.1 Å². The van der Waals surface area contributed by atoms with Gasteiger partial charge in [-0.15, -0.1) is 0 Å². The molecule has 8 nitrogen and oxygen atoms in total. The second-order valence-corrected chi connectivity index (χ2v) is 11.6. The highest BCUT2D eigenvalue weighted by atomic mass is 79.9. The molecule has 208 valence electrons. The molecule has 40 heavy (non-hydrogen) atoms. The van der Waals surface area contributed by atoms with E-state index in [1.54, 1.807) is 42.5 Å². The summed E-state index contributed by atoms with van der Waals surface area (Å²) < 4.78 is 18.3. The molecule has 2 N–H and O–H groups in total. The van der Waals surface area contributed by atoms with E-state index in [9.17, 15) is 9.59 Å². The highest BCUT2D eigenvalue weighted by molar-refractivity contribution is 9.10. The summed E-state index contributed by atoms with van der Waals surface area (Å²) in [7, 11) is 0. The van der Waals surface area contributed by atoms with Crippen LogP contribution in [0.3, 0.4) is 0 Å². The number of nitrogens with zero attached hydrogens (tertiary/aromatic N) is 1. The molecule has 0 bridgehead atoms. The Bertz CT molecular complexity index is 1390. The first-order valence-corrected chi connectivity index (χ1v) is 13.9. The number of alkyl carbamates (subject to hydrolysis) is 1. The predicted molar refractivity (Wildman–Crippen MR) is 155 cm³/mol. The molecule has 3 aromatic carbocycles. The summed E-state index contributed by atoms with van der Waals surface area (Å²) in [5, 5.41) is 15.1. The van der Waals surface area contributed by atoms with Crippen LogP contribution in [0, 0.1) is 11.3 Å². The van der Waals surface area contributed by atoms with Crippen molar-refractivity contribution in [1.29, 1.82) is 5.26 Å². The summed E-state index contributed by atoms with van der Waals surface area (Å²) >= 11 is 3.45. The summed E-state index contributed by atoms with van der Waals surface area (Å²) in [6.45, 7) is 5.50. The van der Waals surface area contributed by atoms with Gasteiger partial charge in [0, 0.05) is 28.2 Å². The van der Waals surface area contributed by atoms with Crippen molar-refractivity contribution in [3.8, 4) is 29.1 Å². The number of hydrogen-bond acceptors (Lipinski definition) is 6. The summed E-state index contributed by atoms with van der Waals surface area (Å²) in [6.07, 6.45) is 2.52. The Labute approximate surface area is 242 Å². The Kier molecular flexibility index (Phi) is 9.33. The average molecular weight is 607 g/mol. The van der Waals surface area contributed by atoms with Crippen molar-refractivity contribution >= 4 is 27.9 Å². The summed E-state index contributed by atoms with van der Waals surface area (Å²) in [5.41, 5.74) is 0.369. The first kappa shape index (κ1) is 29.0. The maximum absolute atomic E-state index is 13.3. The third-order valence-electron chi connectivity index (χ3n) is 6.18. The van der Waals surface area contributed by atoms with E-state index in [0.29, 0.717) is 34.1 Å². The minimum absolute atomic E-state index is 0.0114. The fourth-order valence-electron chi connectivity index (χ4n) is 4.35. The van der Waals surface area contributed by atoms with Crippen LogP contribution in [-0.2, 0) is 4.74 Å². The highest BCUT2D eigenvalue weighted by Crippen LogP contribution is 2.32. The number of nitrogens with one attached hydrogen (secondary N) is 2. The first-order chi connectivity index (χ1) is 19.1. The van der Waals surface area contributed by atoms with Crippen molar-refractivity contribution in [3.05, 3.63) is 82.3 Å². The van der Waals surface area contributed by atoms with Gasteiger partial charge in [0.25, 0.3) is 5.91 Å². The normalized spacial score (nSPS) is 16.8. The molecule has 0 radical (unpaired) electrons. The Hall–Kier alpha value is -4.03. The Balaban J connectivity index is 1.45. The molecule has 9 heteroatoms. The molecule has 1 aliphatic rings. The number of benzene rings is 3. The minimum Gasteiger partial charge on any atom is -0.457 e. The molecule has 0 aromatic heterocycles. The van der Waals surface area contributed by atoms with Crippen LogP contribution in [0.1, 0.15) is 62.4 Å². The van der Waals surface area contributed by atoms with Crippen LogP contribution < -0.4 is 20.1 Å². The van der Waals surface area contributed by atoms with Gasteiger partial charge in [0.1, 0.15) is 28.6 Å². The highest BCUT2D eigenvalue weighted by Gasteiger charge is 2.26. The largest absolute Gasteiger partial charge is 0.457 e. The van der Waals surface area contributed by atoms with E-state index in [1.165, 1.54) is 0 Å². The SMILES string of the molecule is CC(C)(C)OC(=O)NC1CCC(NC(=O)c2cc(Oc3ccc(C#N)cc3)cc(Oc3cccc(Br)c3)c2)CC1. The molecule has 0 heterocycles. The van der Waals surface area contributed by atoms with Gasteiger partial charge < -0.3 is 24.8 Å². The quantitative estimate of drug-likeness (QED) is 0.289. The average Bonchev–Trinajstić information content (AvgIpc) is 2.89. The second-order valence-electron chi connectivity index (χ2n) is 10.7. The van der Waals surface area contributed by atoms with Gasteiger partial charge in [-0.25, -0.2) is 4.79 Å². The van der Waals surface area contributed by atoms with E-state index in [0.717, 1.165) is 30.2 Å². The number of ether oxygens (including phenoxy) is 3. The number of carbonyl (C=O) groups excluding carboxylic acids is 2. The van der Waals surface area contributed by atoms with Crippen molar-refractivity contribution in [3.63, 3.8) is 0 Å². The minimum atomic E-state index is -0.548. The number of rotatable bonds is 7. The zero-order valence-corrected chi connectivity index (χ0v) is 24.3. The lowest BCUT2D eigenvalue weighted by Crippen LogP contribution is -2.45. The van der Waals surface area contributed by atoms with Crippen LogP contribution in [0.2, 0.25) is 0 Å². The fourth-order valence-corrected chi connectivity index (χ4v) is 4.72. The zero-order valence-electron chi connectivity index (χ0n) is 22.7. The third kappa shape index (κ3) is 8.75. The van der Waals surface area contributed by atoms with Crippen LogP contribution in [0.25, 0.3) is 0 Å².